The number of halogens is 3. The summed E-state index contributed by atoms with van der Waals surface area (Å²) in [7, 11) is 0. The van der Waals surface area contributed by atoms with Crippen molar-refractivity contribution in [2.75, 3.05) is 26.2 Å². The van der Waals surface area contributed by atoms with E-state index >= 15 is 0 Å². The first-order chi connectivity index (χ1) is 8.36. The van der Waals surface area contributed by atoms with Crippen molar-refractivity contribution in [3.05, 3.63) is 0 Å². The van der Waals surface area contributed by atoms with Crippen molar-refractivity contribution in [2.45, 2.75) is 50.9 Å². The van der Waals surface area contributed by atoms with E-state index in [4.69, 9.17) is 0 Å². The van der Waals surface area contributed by atoms with Gasteiger partial charge in [0.05, 0.1) is 13.2 Å². The van der Waals surface area contributed by atoms with E-state index in [0.29, 0.717) is 19.4 Å². The second-order valence-electron chi connectivity index (χ2n) is 5.04. The molecule has 0 aromatic rings. The molecule has 2 atom stereocenters. The first-order valence-corrected chi connectivity index (χ1v) is 6.52. The number of rotatable bonds is 6. The zero-order valence-electron chi connectivity index (χ0n) is 11.1. The van der Waals surface area contributed by atoms with Gasteiger partial charge in [-0.25, -0.2) is 0 Å². The van der Waals surface area contributed by atoms with Crippen LogP contribution in [0.1, 0.15) is 33.1 Å². The lowest BCUT2D eigenvalue weighted by atomic mass is 9.98. The summed E-state index contributed by atoms with van der Waals surface area (Å²) in [5, 5.41) is 12.7. The number of alkyl halides is 3. The van der Waals surface area contributed by atoms with Crippen LogP contribution in [0.4, 0.5) is 13.2 Å². The van der Waals surface area contributed by atoms with E-state index in [0.717, 1.165) is 13.0 Å². The Morgan fingerprint density at radius 1 is 1.39 bits per heavy atom. The normalized spacial score (nSPS) is 29.2. The molecule has 0 aromatic carbocycles. The molecule has 0 heterocycles. The molecule has 0 spiro atoms. The molecule has 0 aromatic heterocycles. The van der Waals surface area contributed by atoms with Crippen LogP contribution in [0.3, 0.4) is 0 Å². The molecule has 0 bridgehead atoms. The van der Waals surface area contributed by atoms with Crippen molar-refractivity contribution in [2.24, 2.45) is 0 Å². The molecule has 1 rings (SSSR count). The Balaban J connectivity index is 2.62. The molecule has 0 aliphatic heterocycles. The Morgan fingerprint density at radius 3 is 2.50 bits per heavy atom. The quantitative estimate of drug-likeness (QED) is 0.770. The van der Waals surface area contributed by atoms with Crippen molar-refractivity contribution < 1.29 is 18.3 Å². The van der Waals surface area contributed by atoms with Gasteiger partial charge in [0.2, 0.25) is 0 Å². The van der Waals surface area contributed by atoms with Gasteiger partial charge in [-0.15, -0.1) is 0 Å². The molecule has 0 radical (unpaired) electrons. The van der Waals surface area contributed by atoms with Gasteiger partial charge in [0.25, 0.3) is 0 Å². The third kappa shape index (κ3) is 4.10. The summed E-state index contributed by atoms with van der Waals surface area (Å²) in [6, 6.07) is -0.0946. The number of nitrogens with one attached hydrogen (secondary N) is 1. The lowest BCUT2D eigenvalue weighted by Crippen LogP contribution is -2.48. The van der Waals surface area contributed by atoms with Crippen LogP contribution < -0.4 is 5.32 Å². The SMILES string of the molecule is CCNC1(CO)CCC(N(CC)CC(F)(F)F)C1. The Hall–Kier alpha value is -0.330. The highest BCUT2D eigenvalue weighted by Crippen LogP contribution is 2.34. The summed E-state index contributed by atoms with van der Waals surface area (Å²) >= 11 is 0. The number of nitrogens with zero attached hydrogens (tertiary/aromatic N) is 1. The highest BCUT2D eigenvalue weighted by atomic mass is 19.4. The van der Waals surface area contributed by atoms with Gasteiger partial charge in [0.1, 0.15) is 0 Å². The first-order valence-electron chi connectivity index (χ1n) is 6.52. The van der Waals surface area contributed by atoms with E-state index in [1.807, 2.05) is 6.92 Å². The molecule has 108 valence electrons. The van der Waals surface area contributed by atoms with Crippen LogP contribution in [-0.4, -0.2) is 54.0 Å². The average molecular weight is 268 g/mol. The summed E-state index contributed by atoms with van der Waals surface area (Å²) in [5.74, 6) is 0. The van der Waals surface area contributed by atoms with Gasteiger partial charge in [-0.1, -0.05) is 13.8 Å². The Bertz CT molecular complexity index is 260. The van der Waals surface area contributed by atoms with Gasteiger partial charge in [-0.3, -0.25) is 4.90 Å². The predicted octanol–water partition coefficient (Wildman–Crippen LogP) is 1.76. The molecule has 0 saturated heterocycles. The lowest BCUT2D eigenvalue weighted by molar-refractivity contribution is -0.150. The van der Waals surface area contributed by atoms with Crippen LogP contribution in [0.15, 0.2) is 0 Å². The largest absolute Gasteiger partial charge is 0.401 e. The molecular weight excluding hydrogens is 245 g/mol. The van der Waals surface area contributed by atoms with Gasteiger partial charge in [-0.2, -0.15) is 13.2 Å². The van der Waals surface area contributed by atoms with Crippen LogP contribution in [0.2, 0.25) is 0 Å². The minimum absolute atomic E-state index is 0.0130. The number of aliphatic hydroxyl groups is 1. The van der Waals surface area contributed by atoms with Gasteiger partial charge in [0, 0.05) is 11.6 Å². The first kappa shape index (κ1) is 15.7. The molecule has 0 amide bonds. The molecule has 2 N–H and O–H groups in total. The monoisotopic (exact) mass is 268 g/mol. The van der Waals surface area contributed by atoms with E-state index in [1.54, 1.807) is 6.92 Å². The fourth-order valence-corrected chi connectivity index (χ4v) is 2.87. The van der Waals surface area contributed by atoms with Crippen LogP contribution in [-0.2, 0) is 0 Å². The molecule has 3 nitrogen and oxygen atoms in total. The minimum Gasteiger partial charge on any atom is -0.394 e. The zero-order chi connectivity index (χ0) is 13.8. The summed E-state index contributed by atoms with van der Waals surface area (Å²) in [5.41, 5.74) is -0.390. The molecule has 6 heteroatoms. The summed E-state index contributed by atoms with van der Waals surface area (Å²) in [4.78, 5) is 1.47. The summed E-state index contributed by atoms with van der Waals surface area (Å²) in [6.45, 7) is 3.93. The van der Waals surface area contributed by atoms with Crippen molar-refractivity contribution in [1.29, 1.82) is 0 Å². The maximum Gasteiger partial charge on any atom is 0.401 e. The van der Waals surface area contributed by atoms with Gasteiger partial charge < -0.3 is 10.4 Å². The molecule has 18 heavy (non-hydrogen) atoms. The zero-order valence-corrected chi connectivity index (χ0v) is 11.1. The van der Waals surface area contributed by atoms with E-state index in [-0.39, 0.29) is 12.6 Å². The molecular formula is C12H23F3N2O. The highest BCUT2D eigenvalue weighted by molar-refractivity contribution is 4.99. The Morgan fingerprint density at radius 2 is 2.06 bits per heavy atom. The van der Waals surface area contributed by atoms with Crippen molar-refractivity contribution in [3.8, 4) is 0 Å². The van der Waals surface area contributed by atoms with Crippen molar-refractivity contribution in [1.82, 2.24) is 10.2 Å². The Labute approximate surface area is 106 Å². The van der Waals surface area contributed by atoms with E-state index in [9.17, 15) is 18.3 Å². The van der Waals surface area contributed by atoms with Crippen LogP contribution in [0.25, 0.3) is 0 Å². The molecule has 1 aliphatic carbocycles. The van der Waals surface area contributed by atoms with Gasteiger partial charge in [0.15, 0.2) is 0 Å². The number of aliphatic hydroxyl groups excluding tert-OH is 1. The van der Waals surface area contributed by atoms with E-state index in [1.165, 1.54) is 4.90 Å². The minimum atomic E-state index is -4.15. The smallest absolute Gasteiger partial charge is 0.394 e. The average Bonchev–Trinajstić information content (AvgIpc) is 2.70. The molecule has 2 unspecified atom stereocenters. The second-order valence-corrected chi connectivity index (χ2v) is 5.04. The standard InChI is InChI=1S/C12H23F3N2O/c1-3-16-11(9-18)6-5-10(7-11)17(4-2)8-12(13,14)15/h10,16,18H,3-9H2,1-2H3. The fraction of sp³-hybridized carbons (Fsp3) is 1.00. The number of hydrogen-bond donors (Lipinski definition) is 2. The maximum atomic E-state index is 12.5. The maximum absolute atomic E-state index is 12.5. The van der Waals surface area contributed by atoms with Crippen LogP contribution in [0.5, 0.6) is 0 Å². The summed E-state index contributed by atoms with van der Waals surface area (Å²) < 4.78 is 37.4. The number of likely N-dealkylation sites (N-methyl/N-ethyl adjacent to an activating group) is 1. The van der Waals surface area contributed by atoms with Gasteiger partial charge >= 0.3 is 6.18 Å². The predicted molar refractivity (Wildman–Crippen MR) is 64.4 cm³/mol. The van der Waals surface area contributed by atoms with Crippen LogP contribution >= 0.6 is 0 Å². The number of hydrogen-bond acceptors (Lipinski definition) is 3. The third-order valence-corrected chi connectivity index (χ3v) is 3.74. The van der Waals surface area contributed by atoms with Crippen molar-refractivity contribution >= 4 is 0 Å². The highest BCUT2D eigenvalue weighted by Gasteiger charge is 2.42. The fourth-order valence-electron chi connectivity index (χ4n) is 2.87. The molecule has 1 saturated carbocycles. The van der Waals surface area contributed by atoms with E-state index < -0.39 is 18.3 Å². The second kappa shape index (κ2) is 6.21. The Kier molecular flexibility index (Phi) is 5.43. The third-order valence-electron chi connectivity index (χ3n) is 3.74. The molecule has 1 aliphatic rings. The summed E-state index contributed by atoms with van der Waals surface area (Å²) in [6.07, 6.45) is -2.13. The van der Waals surface area contributed by atoms with Gasteiger partial charge in [-0.05, 0) is 32.4 Å². The molecule has 1 fully saturated rings. The lowest BCUT2D eigenvalue weighted by Gasteiger charge is -2.32. The van der Waals surface area contributed by atoms with Crippen LogP contribution in [0, 0.1) is 0 Å². The topological polar surface area (TPSA) is 35.5 Å². The van der Waals surface area contributed by atoms with E-state index in [2.05, 4.69) is 5.32 Å². The van der Waals surface area contributed by atoms with Crippen molar-refractivity contribution in [3.63, 3.8) is 0 Å².